The molecule has 0 bridgehead atoms. The summed E-state index contributed by atoms with van der Waals surface area (Å²) in [6, 6.07) is 6.96. The first kappa shape index (κ1) is 20.0. The lowest BCUT2D eigenvalue weighted by Crippen LogP contribution is -2.31. The van der Waals surface area contributed by atoms with Crippen LogP contribution in [0, 0.1) is 5.41 Å². The van der Waals surface area contributed by atoms with Crippen LogP contribution < -0.4 is 10.1 Å². The molecule has 2 N–H and O–H groups in total. The van der Waals surface area contributed by atoms with Crippen LogP contribution in [0.15, 0.2) is 24.3 Å². The van der Waals surface area contributed by atoms with E-state index >= 15 is 0 Å². The number of benzene rings is 1. The molecule has 0 saturated heterocycles. The lowest BCUT2D eigenvalue weighted by molar-refractivity contribution is -0.148. The van der Waals surface area contributed by atoms with Gasteiger partial charge in [-0.2, -0.15) is 0 Å². The molecule has 6 nitrogen and oxygen atoms in total. The van der Waals surface area contributed by atoms with Crippen molar-refractivity contribution in [2.24, 2.45) is 5.41 Å². The van der Waals surface area contributed by atoms with Gasteiger partial charge in [-0.1, -0.05) is 32.9 Å². The standard InChI is InChI=1S/C18H27NO5/c1-18(2,3)9-10-19-16(20)12-24-14-7-5-13(6-8-14)11-15(23-4)17(21)22/h5-8,15H,9-12H2,1-4H3,(H,19,20)(H,21,22). The van der Waals surface area contributed by atoms with Gasteiger partial charge in [-0.25, -0.2) is 4.79 Å². The minimum absolute atomic E-state index is 0.0423. The number of carboxylic acids is 1. The summed E-state index contributed by atoms with van der Waals surface area (Å²) in [7, 11) is 1.37. The van der Waals surface area contributed by atoms with E-state index in [0.29, 0.717) is 12.3 Å². The van der Waals surface area contributed by atoms with Crippen molar-refractivity contribution in [1.29, 1.82) is 0 Å². The Bertz CT molecular complexity index is 533. The zero-order chi connectivity index (χ0) is 18.2. The minimum Gasteiger partial charge on any atom is -0.484 e. The van der Waals surface area contributed by atoms with Crippen molar-refractivity contribution in [3.8, 4) is 5.75 Å². The van der Waals surface area contributed by atoms with Gasteiger partial charge in [0.25, 0.3) is 5.91 Å². The van der Waals surface area contributed by atoms with Gasteiger partial charge < -0.3 is 19.9 Å². The van der Waals surface area contributed by atoms with E-state index in [1.54, 1.807) is 24.3 Å². The fraction of sp³-hybridized carbons (Fsp3) is 0.556. The number of aliphatic carboxylic acids is 1. The lowest BCUT2D eigenvalue weighted by Gasteiger charge is -2.18. The van der Waals surface area contributed by atoms with E-state index in [1.807, 2.05) is 0 Å². The molecular weight excluding hydrogens is 310 g/mol. The maximum absolute atomic E-state index is 11.7. The summed E-state index contributed by atoms with van der Waals surface area (Å²) in [5, 5.41) is 11.8. The molecule has 0 aliphatic carbocycles. The predicted molar refractivity (Wildman–Crippen MR) is 91.2 cm³/mol. The quantitative estimate of drug-likeness (QED) is 0.722. The third-order valence-electron chi connectivity index (χ3n) is 3.47. The lowest BCUT2D eigenvalue weighted by atomic mass is 9.92. The minimum atomic E-state index is -0.996. The van der Waals surface area contributed by atoms with Gasteiger partial charge in [0, 0.05) is 20.1 Å². The number of hydrogen-bond acceptors (Lipinski definition) is 4. The van der Waals surface area contributed by atoms with Gasteiger partial charge in [-0.3, -0.25) is 4.79 Å². The van der Waals surface area contributed by atoms with Crippen LogP contribution in [0.3, 0.4) is 0 Å². The summed E-state index contributed by atoms with van der Waals surface area (Å²) < 4.78 is 10.3. The Balaban J connectivity index is 2.39. The number of ether oxygens (including phenoxy) is 2. The van der Waals surface area contributed by atoms with E-state index in [1.165, 1.54) is 7.11 Å². The number of hydrogen-bond donors (Lipinski definition) is 2. The Morgan fingerprint density at radius 1 is 1.21 bits per heavy atom. The Labute approximate surface area is 143 Å². The third kappa shape index (κ3) is 7.97. The first-order chi connectivity index (χ1) is 11.2. The van der Waals surface area contributed by atoms with Crippen molar-refractivity contribution >= 4 is 11.9 Å². The highest BCUT2D eigenvalue weighted by molar-refractivity contribution is 5.77. The molecule has 6 heteroatoms. The molecule has 0 radical (unpaired) electrons. The number of carboxylic acid groups (broad SMARTS) is 1. The second-order valence-corrected chi connectivity index (χ2v) is 6.86. The zero-order valence-electron chi connectivity index (χ0n) is 14.8. The summed E-state index contributed by atoms with van der Waals surface area (Å²) in [4.78, 5) is 22.6. The van der Waals surface area contributed by atoms with Gasteiger partial charge >= 0.3 is 5.97 Å². The smallest absolute Gasteiger partial charge is 0.333 e. The van der Waals surface area contributed by atoms with Crippen LogP contribution in [0.2, 0.25) is 0 Å². The molecule has 1 amide bonds. The molecule has 0 aliphatic rings. The van der Waals surface area contributed by atoms with Gasteiger partial charge in [0.2, 0.25) is 0 Å². The molecule has 134 valence electrons. The van der Waals surface area contributed by atoms with Crippen LogP contribution in [0.25, 0.3) is 0 Å². The van der Waals surface area contributed by atoms with E-state index in [9.17, 15) is 9.59 Å². The predicted octanol–water partition coefficient (Wildman–Crippen LogP) is 2.26. The fourth-order valence-electron chi connectivity index (χ4n) is 1.98. The summed E-state index contributed by atoms with van der Waals surface area (Å²) in [5.74, 6) is -0.590. The maximum atomic E-state index is 11.7. The molecule has 24 heavy (non-hydrogen) atoms. The average Bonchev–Trinajstić information content (AvgIpc) is 2.50. The van der Waals surface area contributed by atoms with Crippen LogP contribution in [-0.4, -0.2) is 43.3 Å². The summed E-state index contributed by atoms with van der Waals surface area (Å²) in [6.45, 7) is 6.94. The van der Waals surface area contributed by atoms with Crippen molar-refractivity contribution in [2.45, 2.75) is 39.7 Å². The van der Waals surface area contributed by atoms with E-state index in [0.717, 1.165) is 12.0 Å². The Morgan fingerprint density at radius 3 is 2.33 bits per heavy atom. The highest BCUT2D eigenvalue weighted by atomic mass is 16.5. The molecule has 1 aromatic carbocycles. The maximum Gasteiger partial charge on any atom is 0.333 e. The fourth-order valence-corrected chi connectivity index (χ4v) is 1.98. The molecule has 0 heterocycles. The van der Waals surface area contributed by atoms with Gasteiger partial charge in [0.15, 0.2) is 12.7 Å². The SMILES string of the molecule is COC(Cc1ccc(OCC(=O)NCCC(C)(C)C)cc1)C(=O)O. The van der Waals surface area contributed by atoms with Gasteiger partial charge in [0.1, 0.15) is 5.75 Å². The molecular formula is C18H27NO5. The monoisotopic (exact) mass is 337 g/mol. The van der Waals surface area contributed by atoms with Gasteiger partial charge in [-0.05, 0) is 29.5 Å². The second-order valence-electron chi connectivity index (χ2n) is 6.86. The van der Waals surface area contributed by atoms with Crippen molar-refractivity contribution in [3.63, 3.8) is 0 Å². The van der Waals surface area contributed by atoms with Crippen molar-refractivity contribution in [1.82, 2.24) is 5.32 Å². The molecule has 1 atom stereocenters. The van der Waals surface area contributed by atoms with Crippen molar-refractivity contribution in [2.75, 3.05) is 20.3 Å². The van der Waals surface area contributed by atoms with E-state index < -0.39 is 12.1 Å². The molecule has 0 spiro atoms. The van der Waals surface area contributed by atoms with Crippen molar-refractivity contribution < 1.29 is 24.2 Å². The number of carbonyl (C=O) groups is 2. The molecule has 0 fully saturated rings. The number of amides is 1. The zero-order valence-corrected chi connectivity index (χ0v) is 14.8. The van der Waals surface area contributed by atoms with E-state index in [2.05, 4.69) is 26.1 Å². The normalized spacial score (nSPS) is 12.5. The highest BCUT2D eigenvalue weighted by Gasteiger charge is 2.16. The first-order valence-electron chi connectivity index (χ1n) is 7.95. The third-order valence-corrected chi connectivity index (χ3v) is 3.47. The molecule has 0 aromatic heterocycles. The van der Waals surface area contributed by atoms with Crippen LogP contribution >= 0.6 is 0 Å². The number of carbonyl (C=O) groups excluding carboxylic acids is 1. The highest BCUT2D eigenvalue weighted by Crippen LogP contribution is 2.17. The van der Waals surface area contributed by atoms with E-state index in [4.69, 9.17) is 14.6 Å². The number of rotatable bonds is 9. The molecule has 0 saturated carbocycles. The average molecular weight is 337 g/mol. The molecule has 1 rings (SSSR count). The number of nitrogens with one attached hydrogen (secondary N) is 1. The summed E-state index contributed by atoms with van der Waals surface area (Å²) >= 11 is 0. The topological polar surface area (TPSA) is 84.9 Å². The van der Waals surface area contributed by atoms with Crippen LogP contribution in [0.1, 0.15) is 32.8 Å². The Morgan fingerprint density at radius 2 is 1.83 bits per heavy atom. The molecule has 1 aromatic rings. The van der Waals surface area contributed by atoms with Gasteiger partial charge in [-0.15, -0.1) is 0 Å². The summed E-state index contributed by atoms with van der Waals surface area (Å²) in [6.07, 6.45) is 0.308. The van der Waals surface area contributed by atoms with Gasteiger partial charge in [0.05, 0.1) is 0 Å². The molecule has 0 aliphatic heterocycles. The first-order valence-corrected chi connectivity index (χ1v) is 7.95. The summed E-state index contributed by atoms with van der Waals surface area (Å²) in [5.41, 5.74) is 1.01. The Kier molecular flexibility index (Phi) is 7.71. The Hall–Kier alpha value is -2.08. The van der Waals surface area contributed by atoms with Crippen LogP contribution in [0.5, 0.6) is 5.75 Å². The number of methoxy groups -OCH3 is 1. The van der Waals surface area contributed by atoms with Crippen LogP contribution in [-0.2, 0) is 20.7 Å². The van der Waals surface area contributed by atoms with E-state index in [-0.39, 0.29) is 24.3 Å². The molecule has 1 unspecified atom stereocenters. The van der Waals surface area contributed by atoms with Crippen LogP contribution in [0.4, 0.5) is 0 Å². The largest absolute Gasteiger partial charge is 0.484 e. The van der Waals surface area contributed by atoms with Crippen molar-refractivity contribution in [3.05, 3.63) is 29.8 Å². The second kappa shape index (κ2) is 9.27.